The van der Waals surface area contributed by atoms with Crippen molar-refractivity contribution in [1.29, 1.82) is 0 Å². The van der Waals surface area contributed by atoms with Crippen LogP contribution in [0.5, 0.6) is 0 Å². The number of hydrogen-bond donors (Lipinski definition) is 1. The van der Waals surface area contributed by atoms with Crippen LogP contribution in [0.4, 0.5) is 0 Å². The third-order valence-electron chi connectivity index (χ3n) is 2.20. The molecular formula is C11H13N3O4. The molecular weight excluding hydrogens is 238 g/mol. The molecule has 0 aliphatic carbocycles. The first kappa shape index (κ1) is 12.2. The lowest BCUT2D eigenvalue weighted by Crippen LogP contribution is -2.31. The molecule has 96 valence electrons. The van der Waals surface area contributed by atoms with E-state index in [0.717, 1.165) is 11.1 Å². The maximum absolute atomic E-state index is 11.5. The Kier molecular flexibility index (Phi) is 3.61. The Morgan fingerprint density at radius 2 is 2.39 bits per heavy atom. The normalized spacial score (nSPS) is 10.5. The summed E-state index contributed by atoms with van der Waals surface area (Å²) in [5.74, 6) is -0.556. The van der Waals surface area contributed by atoms with Crippen LogP contribution in [0.3, 0.4) is 0 Å². The Hall–Kier alpha value is -2.31. The van der Waals surface area contributed by atoms with Crippen molar-refractivity contribution in [3.63, 3.8) is 0 Å². The zero-order valence-corrected chi connectivity index (χ0v) is 9.88. The third kappa shape index (κ3) is 2.68. The van der Waals surface area contributed by atoms with Crippen molar-refractivity contribution < 1.29 is 13.6 Å². The number of carbonyl (C=O) groups is 1. The van der Waals surface area contributed by atoms with Gasteiger partial charge in [0.25, 0.3) is 5.89 Å². The highest BCUT2D eigenvalue weighted by Gasteiger charge is 2.14. The fraction of sp³-hybridized carbons (Fsp3) is 0.364. The van der Waals surface area contributed by atoms with Crippen LogP contribution in [-0.2, 0) is 11.3 Å². The number of aromatic nitrogens is 2. The minimum Gasteiger partial charge on any atom is -0.459 e. The highest BCUT2D eigenvalue weighted by Crippen LogP contribution is 2.14. The standard InChI is InChI=1S/C11H13N3O4/c1-2-5-12-9(15)7-14-11(16)18-10(13-14)8-4-3-6-17-8/h3-4,6H,2,5,7H2,1H3,(H,12,15). The van der Waals surface area contributed by atoms with Gasteiger partial charge in [-0.25, -0.2) is 4.79 Å². The molecule has 2 aromatic heterocycles. The number of nitrogens with zero attached hydrogens (tertiary/aromatic N) is 2. The van der Waals surface area contributed by atoms with Crippen LogP contribution in [0.2, 0.25) is 0 Å². The first-order valence-electron chi connectivity index (χ1n) is 5.59. The molecule has 0 saturated carbocycles. The average Bonchev–Trinajstić information content (AvgIpc) is 2.97. The van der Waals surface area contributed by atoms with Gasteiger partial charge in [0, 0.05) is 6.54 Å². The molecule has 0 aliphatic rings. The van der Waals surface area contributed by atoms with Gasteiger partial charge in [-0.3, -0.25) is 4.79 Å². The van der Waals surface area contributed by atoms with Crippen LogP contribution in [0.25, 0.3) is 11.7 Å². The van der Waals surface area contributed by atoms with Gasteiger partial charge in [0.15, 0.2) is 5.76 Å². The first-order valence-corrected chi connectivity index (χ1v) is 5.59. The van der Waals surface area contributed by atoms with Crippen molar-refractivity contribution in [2.75, 3.05) is 6.54 Å². The van der Waals surface area contributed by atoms with Gasteiger partial charge in [-0.05, 0) is 18.6 Å². The molecule has 7 nitrogen and oxygen atoms in total. The first-order chi connectivity index (χ1) is 8.70. The van der Waals surface area contributed by atoms with E-state index in [1.807, 2.05) is 6.92 Å². The zero-order chi connectivity index (χ0) is 13.0. The second-order valence-electron chi connectivity index (χ2n) is 3.66. The van der Waals surface area contributed by atoms with Crippen molar-refractivity contribution in [1.82, 2.24) is 15.1 Å². The highest BCUT2D eigenvalue weighted by atomic mass is 16.4. The Morgan fingerprint density at radius 1 is 1.56 bits per heavy atom. The molecule has 18 heavy (non-hydrogen) atoms. The monoisotopic (exact) mass is 251 g/mol. The Labute approximate surface area is 102 Å². The number of hydrogen-bond acceptors (Lipinski definition) is 5. The van der Waals surface area contributed by atoms with Gasteiger partial charge in [-0.1, -0.05) is 6.92 Å². The molecule has 0 spiro atoms. The number of furan rings is 1. The van der Waals surface area contributed by atoms with Crippen LogP contribution in [0.1, 0.15) is 13.3 Å². The maximum atomic E-state index is 11.5. The molecule has 0 bridgehead atoms. The van der Waals surface area contributed by atoms with Gasteiger partial charge in [-0.15, -0.1) is 5.10 Å². The highest BCUT2D eigenvalue weighted by molar-refractivity contribution is 5.75. The van der Waals surface area contributed by atoms with Gasteiger partial charge < -0.3 is 14.2 Å². The lowest BCUT2D eigenvalue weighted by atomic mass is 10.4. The molecule has 1 N–H and O–H groups in total. The average molecular weight is 251 g/mol. The molecule has 0 radical (unpaired) electrons. The molecule has 2 aromatic rings. The van der Waals surface area contributed by atoms with E-state index >= 15 is 0 Å². The quantitative estimate of drug-likeness (QED) is 0.841. The summed E-state index contributed by atoms with van der Waals surface area (Å²) in [6.07, 6.45) is 2.28. The summed E-state index contributed by atoms with van der Waals surface area (Å²) in [7, 11) is 0. The number of rotatable bonds is 5. The molecule has 2 rings (SSSR count). The zero-order valence-electron chi connectivity index (χ0n) is 9.88. The minimum atomic E-state index is -0.687. The summed E-state index contributed by atoms with van der Waals surface area (Å²) in [4.78, 5) is 22.9. The van der Waals surface area contributed by atoms with Crippen LogP contribution in [-0.4, -0.2) is 22.2 Å². The van der Waals surface area contributed by atoms with E-state index in [1.54, 1.807) is 12.1 Å². The van der Waals surface area contributed by atoms with Crippen molar-refractivity contribution >= 4 is 5.91 Å². The molecule has 2 heterocycles. The van der Waals surface area contributed by atoms with Crippen LogP contribution in [0.15, 0.2) is 32.0 Å². The summed E-state index contributed by atoms with van der Waals surface area (Å²) in [5, 5.41) is 6.53. The van der Waals surface area contributed by atoms with E-state index in [2.05, 4.69) is 10.4 Å². The molecule has 0 saturated heterocycles. The topological polar surface area (TPSA) is 90.3 Å². The lowest BCUT2D eigenvalue weighted by Gasteiger charge is -2.00. The predicted molar refractivity (Wildman–Crippen MR) is 61.8 cm³/mol. The number of amides is 1. The Bertz CT molecular complexity index is 567. The van der Waals surface area contributed by atoms with E-state index in [9.17, 15) is 9.59 Å². The molecule has 0 aromatic carbocycles. The minimum absolute atomic E-state index is 0.0632. The van der Waals surface area contributed by atoms with Crippen LogP contribution in [0, 0.1) is 0 Å². The largest absolute Gasteiger partial charge is 0.459 e. The van der Waals surface area contributed by atoms with Crippen molar-refractivity contribution in [3.8, 4) is 11.7 Å². The van der Waals surface area contributed by atoms with Crippen LogP contribution < -0.4 is 11.1 Å². The second-order valence-corrected chi connectivity index (χ2v) is 3.66. The van der Waals surface area contributed by atoms with Crippen molar-refractivity contribution in [2.24, 2.45) is 0 Å². The predicted octanol–water partition coefficient (Wildman–Crippen LogP) is 0.622. The molecule has 0 fully saturated rings. The Morgan fingerprint density at radius 3 is 3.06 bits per heavy atom. The fourth-order valence-electron chi connectivity index (χ4n) is 1.36. The van der Waals surface area contributed by atoms with Gasteiger partial charge in [0.1, 0.15) is 6.54 Å². The SMILES string of the molecule is CCCNC(=O)Cn1nc(-c2ccco2)oc1=O. The molecule has 1 amide bonds. The van der Waals surface area contributed by atoms with Crippen LogP contribution >= 0.6 is 0 Å². The lowest BCUT2D eigenvalue weighted by molar-refractivity contribution is -0.121. The van der Waals surface area contributed by atoms with Gasteiger partial charge in [0.05, 0.1) is 6.26 Å². The van der Waals surface area contributed by atoms with E-state index in [1.165, 1.54) is 6.26 Å². The van der Waals surface area contributed by atoms with Gasteiger partial charge >= 0.3 is 5.76 Å². The second kappa shape index (κ2) is 5.35. The molecule has 7 heteroatoms. The summed E-state index contributed by atoms with van der Waals surface area (Å²) in [5.41, 5.74) is 0. The summed E-state index contributed by atoms with van der Waals surface area (Å²) >= 11 is 0. The fourth-order valence-corrected chi connectivity index (χ4v) is 1.36. The van der Waals surface area contributed by atoms with Crippen molar-refractivity contribution in [3.05, 3.63) is 28.9 Å². The molecule has 0 aliphatic heterocycles. The molecule has 0 atom stereocenters. The smallest absolute Gasteiger partial charge is 0.437 e. The summed E-state index contributed by atoms with van der Waals surface area (Å²) in [6, 6.07) is 3.27. The van der Waals surface area contributed by atoms with Gasteiger partial charge in [0.2, 0.25) is 5.91 Å². The van der Waals surface area contributed by atoms with E-state index < -0.39 is 5.76 Å². The maximum Gasteiger partial charge on any atom is 0.437 e. The van der Waals surface area contributed by atoms with E-state index in [4.69, 9.17) is 8.83 Å². The third-order valence-corrected chi connectivity index (χ3v) is 2.20. The summed E-state index contributed by atoms with van der Waals surface area (Å²) in [6.45, 7) is 2.34. The summed E-state index contributed by atoms with van der Waals surface area (Å²) < 4.78 is 10.9. The number of nitrogens with one attached hydrogen (secondary N) is 1. The van der Waals surface area contributed by atoms with Gasteiger partial charge in [-0.2, -0.15) is 4.68 Å². The number of carbonyl (C=O) groups excluding carboxylic acids is 1. The molecule has 0 unspecified atom stereocenters. The van der Waals surface area contributed by atoms with E-state index in [0.29, 0.717) is 12.3 Å². The Balaban J connectivity index is 2.10. The van der Waals surface area contributed by atoms with E-state index in [-0.39, 0.29) is 18.3 Å². The van der Waals surface area contributed by atoms with Crippen molar-refractivity contribution in [2.45, 2.75) is 19.9 Å².